The van der Waals surface area contributed by atoms with Crippen molar-refractivity contribution < 1.29 is 19.8 Å². The summed E-state index contributed by atoms with van der Waals surface area (Å²) in [4.78, 5) is 22.7. The van der Waals surface area contributed by atoms with Crippen molar-refractivity contribution in [2.24, 2.45) is 0 Å². The second kappa shape index (κ2) is 5.12. The lowest BCUT2D eigenvalue weighted by Gasteiger charge is -2.26. The Morgan fingerprint density at radius 2 is 2.12 bits per heavy atom. The number of rotatable bonds is 6. The van der Waals surface area contributed by atoms with Crippen LogP contribution < -0.4 is 0 Å². The number of hydrogen-bond acceptors (Lipinski definition) is 3. The molecule has 1 atom stereocenters. The molecule has 16 heavy (non-hydrogen) atoms. The Bertz CT molecular complexity index is 371. The fourth-order valence-corrected chi connectivity index (χ4v) is 2.73. The molecule has 0 aliphatic carbocycles. The van der Waals surface area contributed by atoms with Gasteiger partial charge in [0.05, 0.1) is 0 Å². The molecule has 0 fully saturated rings. The highest BCUT2D eigenvalue weighted by Crippen LogP contribution is 2.36. The number of carbonyl (C=O) groups is 2. The quantitative estimate of drug-likeness (QED) is 0.803. The van der Waals surface area contributed by atoms with Crippen LogP contribution in [0.3, 0.4) is 0 Å². The molecule has 0 aliphatic heterocycles. The first-order chi connectivity index (χ1) is 7.53. The molecule has 0 bridgehead atoms. The fraction of sp³-hybridized carbons (Fsp3) is 0.455. The average Bonchev–Trinajstić information content (AvgIpc) is 2.72. The van der Waals surface area contributed by atoms with Crippen molar-refractivity contribution in [3.63, 3.8) is 0 Å². The molecule has 88 valence electrons. The summed E-state index contributed by atoms with van der Waals surface area (Å²) in [6.07, 6.45) is 0.406. The first-order valence-corrected chi connectivity index (χ1v) is 5.90. The Morgan fingerprint density at radius 3 is 2.50 bits per heavy atom. The molecule has 0 radical (unpaired) electrons. The molecule has 4 nitrogen and oxygen atoms in total. The van der Waals surface area contributed by atoms with Gasteiger partial charge in [0.15, 0.2) is 0 Å². The summed E-state index contributed by atoms with van der Waals surface area (Å²) in [7, 11) is 0. The van der Waals surface area contributed by atoms with Crippen LogP contribution in [0, 0.1) is 0 Å². The third-order valence-corrected chi connectivity index (χ3v) is 3.85. The van der Waals surface area contributed by atoms with Gasteiger partial charge in [0.25, 0.3) is 0 Å². The van der Waals surface area contributed by atoms with Gasteiger partial charge in [-0.15, -0.1) is 11.3 Å². The summed E-state index contributed by atoms with van der Waals surface area (Å²) in [5.41, 5.74) is -1.05. The first-order valence-electron chi connectivity index (χ1n) is 5.02. The van der Waals surface area contributed by atoms with Crippen molar-refractivity contribution in [1.82, 2.24) is 0 Å². The van der Waals surface area contributed by atoms with Crippen molar-refractivity contribution in [3.8, 4) is 0 Å². The van der Waals surface area contributed by atoms with Crippen LogP contribution in [0.2, 0.25) is 0 Å². The van der Waals surface area contributed by atoms with E-state index in [1.54, 1.807) is 19.1 Å². The largest absolute Gasteiger partial charge is 0.481 e. The minimum atomic E-state index is -1.05. The van der Waals surface area contributed by atoms with Crippen LogP contribution in [0.4, 0.5) is 0 Å². The molecule has 0 amide bonds. The maximum Gasteiger partial charge on any atom is 0.314 e. The van der Waals surface area contributed by atoms with Crippen molar-refractivity contribution in [1.29, 1.82) is 0 Å². The Kier molecular flexibility index (Phi) is 4.06. The van der Waals surface area contributed by atoms with Crippen LogP contribution in [-0.2, 0) is 15.0 Å². The van der Waals surface area contributed by atoms with Crippen LogP contribution in [-0.4, -0.2) is 22.2 Å². The topological polar surface area (TPSA) is 74.6 Å². The SMILES string of the molecule is CCC(CCC(=O)O)(C(=O)O)c1cccs1. The second-order valence-electron chi connectivity index (χ2n) is 3.61. The third-order valence-electron chi connectivity index (χ3n) is 2.77. The van der Waals surface area contributed by atoms with Crippen molar-refractivity contribution in [2.75, 3.05) is 0 Å². The molecular formula is C11H14O4S. The predicted molar refractivity (Wildman–Crippen MR) is 60.8 cm³/mol. The van der Waals surface area contributed by atoms with E-state index in [1.807, 2.05) is 5.38 Å². The van der Waals surface area contributed by atoms with E-state index in [-0.39, 0.29) is 12.8 Å². The number of carboxylic acid groups (broad SMARTS) is 2. The Balaban J connectivity index is 3.01. The summed E-state index contributed by atoms with van der Waals surface area (Å²) in [6, 6.07) is 3.54. The third kappa shape index (κ3) is 2.41. The Labute approximate surface area is 97.5 Å². The molecule has 1 unspecified atom stereocenters. The first kappa shape index (κ1) is 12.7. The van der Waals surface area contributed by atoms with Gasteiger partial charge in [-0.2, -0.15) is 0 Å². The van der Waals surface area contributed by atoms with Crippen LogP contribution in [0.1, 0.15) is 31.1 Å². The highest BCUT2D eigenvalue weighted by molar-refractivity contribution is 7.10. The molecule has 0 saturated heterocycles. The van der Waals surface area contributed by atoms with Crippen LogP contribution in [0.25, 0.3) is 0 Å². The summed E-state index contributed by atoms with van der Waals surface area (Å²) in [5, 5.41) is 19.8. The summed E-state index contributed by atoms with van der Waals surface area (Å²) >= 11 is 1.36. The zero-order valence-corrected chi connectivity index (χ0v) is 9.79. The van der Waals surface area contributed by atoms with Crippen molar-refractivity contribution in [3.05, 3.63) is 22.4 Å². The molecule has 1 aromatic heterocycles. The Morgan fingerprint density at radius 1 is 1.44 bits per heavy atom. The minimum absolute atomic E-state index is 0.127. The fourth-order valence-electron chi connectivity index (χ4n) is 1.71. The maximum atomic E-state index is 11.4. The molecule has 0 saturated carbocycles. The van der Waals surface area contributed by atoms with Crippen molar-refractivity contribution >= 4 is 23.3 Å². The van der Waals surface area contributed by atoms with E-state index in [2.05, 4.69) is 0 Å². The highest BCUT2D eigenvalue weighted by atomic mass is 32.1. The van der Waals surface area contributed by atoms with E-state index >= 15 is 0 Å². The van der Waals surface area contributed by atoms with Gasteiger partial charge in [-0.3, -0.25) is 9.59 Å². The van der Waals surface area contributed by atoms with Crippen LogP contribution >= 0.6 is 11.3 Å². The van der Waals surface area contributed by atoms with Gasteiger partial charge in [0.1, 0.15) is 5.41 Å². The molecule has 5 heteroatoms. The normalized spacial score (nSPS) is 14.3. The average molecular weight is 242 g/mol. The number of hydrogen-bond donors (Lipinski definition) is 2. The van der Waals surface area contributed by atoms with Crippen LogP contribution in [0.15, 0.2) is 17.5 Å². The predicted octanol–water partition coefficient (Wildman–Crippen LogP) is 2.35. The summed E-state index contributed by atoms with van der Waals surface area (Å²) in [6.45, 7) is 1.77. The van der Waals surface area contributed by atoms with Gasteiger partial charge < -0.3 is 10.2 Å². The van der Waals surface area contributed by atoms with E-state index in [4.69, 9.17) is 5.11 Å². The van der Waals surface area contributed by atoms with Gasteiger partial charge in [0, 0.05) is 11.3 Å². The highest BCUT2D eigenvalue weighted by Gasteiger charge is 2.39. The lowest BCUT2D eigenvalue weighted by atomic mass is 9.79. The van der Waals surface area contributed by atoms with Gasteiger partial charge in [-0.25, -0.2) is 0 Å². The van der Waals surface area contributed by atoms with E-state index in [1.165, 1.54) is 11.3 Å². The molecule has 1 aromatic rings. The molecule has 0 aromatic carbocycles. The standard InChI is InChI=1S/C11H14O4S/c1-2-11(10(14)15,6-5-9(12)13)8-4-3-7-16-8/h3-4,7H,2,5-6H2,1H3,(H,12,13)(H,14,15). The van der Waals surface area contributed by atoms with E-state index in [0.29, 0.717) is 6.42 Å². The van der Waals surface area contributed by atoms with Gasteiger partial charge >= 0.3 is 11.9 Å². The van der Waals surface area contributed by atoms with Gasteiger partial charge in [0.2, 0.25) is 0 Å². The smallest absolute Gasteiger partial charge is 0.314 e. The molecule has 1 rings (SSSR count). The Hall–Kier alpha value is -1.36. The summed E-state index contributed by atoms with van der Waals surface area (Å²) < 4.78 is 0. The zero-order valence-electron chi connectivity index (χ0n) is 8.97. The number of thiophene rings is 1. The summed E-state index contributed by atoms with van der Waals surface area (Å²) in [5.74, 6) is -1.91. The van der Waals surface area contributed by atoms with E-state index in [0.717, 1.165) is 4.88 Å². The van der Waals surface area contributed by atoms with Crippen LogP contribution in [0.5, 0.6) is 0 Å². The lowest BCUT2D eigenvalue weighted by molar-refractivity contribution is -0.145. The zero-order chi connectivity index (χ0) is 12.2. The number of aliphatic carboxylic acids is 2. The molecule has 0 spiro atoms. The second-order valence-corrected chi connectivity index (χ2v) is 4.56. The van der Waals surface area contributed by atoms with E-state index < -0.39 is 17.4 Å². The monoisotopic (exact) mass is 242 g/mol. The molecular weight excluding hydrogens is 228 g/mol. The molecule has 2 N–H and O–H groups in total. The lowest BCUT2D eigenvalue weighted by Crippen LogP contribution is -2.35. The van der Waals surface area contributed by atoms with E-state index in [9.17, 15) is 14.7 Å². The van der Waals surface area contributed by atoms with Gasteiger partial charge in [-0.05, 0) is 24.3 Å². The minimum Gasteiger partial charge on any atom is -0.481 e. The number of carboxylic acids is 2. The maximum absolute atomic E-state index is 11.4. The van der Waals surface area contributed by atoms with Gasteiger partial charge in [-0.1, -0.05) is 13.0 Å². The van der Waals surface area contributed by atoms with Crippen molar-refractivity contribution in [2.45, 2.75) is 31.6 Å². The molecule has 0 aliphatic rings. The molecule has 1 heterocycles.